The monoisotopic (exact) mass is 265 g/mol. The number of carboxylic acid groups (broad SMARTS) is 1. The molecule has 0 heterocycles. The van der Waals surface area contributed by atoms with Gasteiger partial charge in [0.25, 0.3) is 0 Å². The molecule has 0 bridgehead atoms. The molecule has 19 heavy (non-hydrogen) atoms. The molecule has 0 fully saturated rings. The number of aromatic carboxylic acids is 1. The second-order valence-electron chi connectivity index (χ2n) is 4.02. The fourth-order valence-electron chi connectivity index (χ4n) is 1.52. The third-order valence-corrected chi connectivity index (χ3v) is 2.50. The van der Waals surface area contributed by atoms with Crippen molar-refractivity contribution in [1.82, 2.24) is 5.32 Å². The Hall–Kier alpha value is -2.57. The van der Waals surface area contributed by atoms with E-state index in [1.54, 1.807) is 19.1 Å². The van der Waals surface area contributed by atoms with Crippen LogP contribution < -0.4 is 16.4 Å². The standard InChI is InChI=1S/C12H15N3O4/c1-6-4-3-5-8(11(17)18)9(6)15-10(16)7(2)14-12(13)19/h3-5,7H,1-2H3,(H,15,16)(H,17,18)(H3,13,14,19)/t7-/m0/s1. The number of benzene rings is 1. The van der Waals surface area contributed by atoms with E-state index in [4.69, 9.17) is 10.8 Å². The molecule has 1 rings (SSSR count). The molecular formula is C12H15N3O4. The van der Waals surface area contributed by atoms with Crippen LogP contribution in [0.4, 0.5) is 10.5 Å². The van der Waals surface area contributed by atoms with E-state index in [2.05, 4.69) is 10.6 Å². The van der Waals surface area contributed by atoms with E-state index >= 15 is 0 Å². The highest BCUT2D eigenvalue weighted by Gasteiger charge is 2.18. The van der Waals surface area contributed by atoms with Gasteiger partial charge in [-0.25, -0.2) is 9.59 Å². The first-order valence-electron chi connectivity index (χ1n) is 5.52. The lowest BCUT2D eigenvalue weighted by atomic mass is 10.1. The minimum Gasteiger partial charge on any atom is -0.478 e. The largest absolute Gasteiger partial charge is 0.478 e. The molecule has 0 aromatic heterocycles. The number of anilines is 1. The minimum atomic E-state index is -1.14. The number of carboxylic acids is 1. The first-order valence-corrected chi connectivity index (χ1v) is 5.52. The molecule has 5 N–H and O–H groups in total. The second-order valence-corrected chi connectivity index (χ2v) is 4.02. The van der Waals surface area contributed by atoms with Crippen LogP contribution in [0.3, 0.4) is 0 Å². The van der Waals surface area contributed by atoms with Crippen molar-refractivity contribution in [2.45, 2.75) is 19.9 Å². The van der Waals surface area contributed by atoms with Crippen LogP contribution in [0.25, 0.3) is 0 Å². The van der Waals surface area contributed by atoms with Gasteiger partial charge in [-0.3, -0.25) is 4.79 Å². The maximum Gasteiger partial charge on any atom is 0.337 e. The Labute approximate surface area is 109 Å². The van der Waals surface area contributed by atoms with Crippen molar-refractivity contribution in [1.29, 1.82) is 0 Å². The topological polar surface area (TPSA) is 122 Å². The van der Waals surface area contributed by atoms with E-state index in [0.717, 1.165) is 0 Å². The van der Waals surface area contributed by atoms with Crippen molar-refractivity contribution in [2.24, 2.45) is 5.73 Å². The van der Waals surface area contributed by atoms with E-state index in [9.17, 15) is 14.4 Å². The maximum atomic E-state index is 11.8. The van der Waals surface area contributed by atoms with E-state index < -0.39 is 23.9 Å². The zero-order valence-corrected chi connectivity index (χ0v) is 10.6. The molecule has 1 aromatic carbocycles. The summed E-state index contributed by atoms with van der Waals surface area (Å²) in [6.45, 7) is 3.12. The van der Waals surface area contributed by atoms with E-state index in [0.29, 0.717) is 5.56 Å². The van der Waals surface area contributed by atoms with Gasteiger partial charge in [0.1, 0.15) is 6.04 Å². The van der Waals surface area contributed by atoms with Gasteiger partial charge in [0.15, 0.2) is 0 Å². The van der Waals surface area contributed by atoms with Crippen molar-refractivity contribution < 1.29 is 19.5 Å². The van der Waals surface area contributed by atoms with Crippen molar-refractivity contribution >= 4 is 23.6 Å². The Kier molecular flexibility index (Phi) is 4.46. The van der Waals surface area contributed by atoms with Gasteiger partial charge >= 0.3 is 12.0 Å². The molecule has 102 valence electrons. The van der Waals surface area contributed by atoms with Gasteiger partial charge < -0.3 is 21.5 Å². The number of nitrogens with one attached hydrogen (secondary N) is 2. The lowest BCUT2D eigenvalue weighted by Gasteiger charge is -2.15. The highest BCUT2D eigenvalue weighted by Crippen LogP contribution is 2.20. The third-order valence-electron chi connectivity index (χ3n) is 2.50. The predicted octanol–water partition coefficient (Wildman–Crippen LogP) is 0.689. The van der Waals surface area contributed by atoms with Gasteiger partial charge in [0.2, 0.25) is 5.91 Å². The van der Waals surface area contributed by atoms with Gasteiger partial charge in [-0.05, 0) is 25.5 Å². The number of carbonyl (C=O) groups is 3. The number of hydrogen-bond acceptors (Lipinski definition) is 3. The molecule has 7 nitrogen and oxygen atoms in total. The molecule has 0 aliphatic rings. The summed E-state index contributed by atoms with van der Waals surface area (Å²) in [5.74, 6) is -1.69. The number of para-hydroxylation sites is 1. The van der Waals surface area contributed by atoms with Crippen LogP contribution in [0.1, 0.15) is 22.8 Å². The third kappa shape index (κ3) is 3.70. The van der Waals surface area contributed by atoms with Crippen LogP contribution >= 0.6 is 0 Å². The summed E-state index contributed by atoms with van der Waals surface area (Å²) in [5.41, 5.74) is 5.71. The molecule has 0 unspecified atom stereocenters. The fraction of sp³-hybridized carbons (Fsp3) is 0.250. The Morgan fingerprint density at radius 1 is 1.32 bits per heavy atom. The van der Waals surface area contributed by atoms with Crippen LogP contribution in [0.15, 0.2) is 18.2 Å². The predicted molar refractivity (Wildman–Crippen MR) is 68.9 cm³/mol. The summed E-state index contributed by atoms with van der Waals surface area (Å²) >= 11 is 0. The number of nitrogens with two attached hydrogens (primary N) is 1. The molecule has 7 heteroatoms. The summed E-state index contributed by atoms with van der Waals surface area (Å²) < 4.78 is 0. The van der Waals surface area contributed by atoms with Crippen LogP contribution in [0.5, 0.6) is 0 Å². The van der Waals surface area contributed by atoms with Crippen molar-refractivity contribution in [3.05, 3.63) is 29.3 Å². The summed E-state index contributed by atoms with van der Waals surface area (Å²) in [4.78, 5) is 33.5. The molecule has 1 atom stereocenters. The number of rotatable bonds is 4. The second kappa shape index (κ2) is 5.85. The average molecular weight is 265 g/mol. The first-order chi connectivity index (χ1) is 8.82. The maximum absolute atomic E-state index is 11.8. The van der Waals surface area contributed by atoms with Crippen molar-refractivity contribution in [3.63, 3.8) is 0 Å². The molecule has 0 radical (unpaired) electrons. The smallest absolute Gasteiger partial charge is 0.337 e. The molecule has 0 aliphatic carbocycles. The van der Waals surface area contributed by atoms with Crippen molar-refractivity contribution in [2.75, 3.05) is 5.32 Å². The van der Waals surface area contributed by atoms with Gasteiger partial charge in [-0.2, -0.15) is 0 Å². The highest BCUT2D eigenvalue weighted by atomic mass is 16.4. The van der Waals surface area contributed by atoms with Crippen molar-refractivity contribution in [3.8, 4) is 0 Å². The molecule has 1 aromatic rings. The first kappa shape index (κ1) is 14.5. The number of carbonyl (C=O) groups excluding carboxylic acids is 2. The highest BCUT2D eigenvalue weighted by molar-refractivity contribution is 6.03. The summed E-state index contributed by atoms with van der Waals surface area (Å²) in [6, 6.07) is 2.95. The number of aryl methyl sites for hydroxylation is 1. The van der Waals surface area contributed by atoms with E-state index in [1.807, 2.05) is 0 Å². The number of urea groups is 1. The van der Waals surface area contributed by atoms with Gasteiger partial charge in [0, 0.05) is 0 Å². The van der Waals surface area contributed by atoms with Crippen LogP contribution in [-0.2, 0) is 4.79 Å². The lowest BCUT2D eigenvalue weighted by molar-refractivity contribution is -0.117. The van der Waals surface area contributed by atoms with E-state index in [-0.39, 0.29) is 11.3 Å². The average Bonchev–Trinajstić information content (AvgIpc) is 2.30. The zero-order chi connectivity index (χ0) is 14.6. The molecule has 0 aliphatic heterocycles. The Bertz CT molecular complexity index is 528. The molecule has 0 saturated carbocycles. The summed E-state index contributed by atoms with van der Waals surface area (Å²) in [5, 5.41) is 13.7. The number of amides is 3. The molecular weight excluding hydrogens is 250 g/mol. The number of primary amides is 1. The van der Waals surface area contributed by atoms with Gasteiger partial charge in [-0.1, -0.05) is 12.1 Å². The van der Waals surface area contributed by atoms with Gasteiger partial charge in [0.05, 0.1) is 11.3 Å². The Balaban J connectivity index is 2.96. The van der Waals surface area contributed by atoms with Crippen LogP contribution in [-0.4, -0.2) is 29.1 Å². The molecule has 0 spiro atoms. The molecule has 0 saturated heterocycles. The Morgan fingerprint density at radius 3 is 2.47 bits per heavy atom. The SMILES string of the molecule is Cc1cccc(C(=O)O)c1NC(=O)[C@H](C)NC(N)=O. The fourth-order valence-corrected chi connectivity index (χ4v) is 1.52. The van der Waals surface area contributed by atoms with Crippen LogP contribution in [0.2, 0.25) is 0 Å². The van der Waals surface area contributed by atoms with E-state index in [1.165, 1.54) is 13.0 Å². The van der Waals surface area contributed by atoms with Gasteiger partial charge in [-0.15, -0.1) is 0 Å². The lowest BCUT2D eigenvalue weighted by Crippen LogP contribution is -2.44. The quantitative estimate of drug-likeness (QED) is 0.639. The minimum absolute atomic E-state index is 0.0142. The zero-order valence-electron chi connectivity index (χ0n) is 10.6. The summed E-state index contributed by atoms with van der Waals surface area (Å²) in [7, 11) is 0. The molecule has 3 amide bonds. The number of hydrogen-bond donors (Lipinski definition) is 4. The Morgan fingerprint density at radius 2 is 1.95 bits per heavy atom. The summed E-state index contributed by atoms with van der Waals surface area (Å²) in [6.07, 6.45) is 0. The van der Waals surface area contributed by atoms with Crippen LogP contribution in [0, 0.1) is 6.92 Å². The normalized spacial score (nSPS) is 11.5.